The van der Waals surface area contributed by atoms with Gasteiger partial charge in [0.25, 0.3) is 0 Å². The van der Waals surface area contributed by atoms with Gasteiger partial charge in [0.1, 0.15) is 5.75 Å². The molecule has 0 aliphatic carbocycles. The van der Waals surface area contributed by atoms with Gasteiger partial charge < -0.3 is 9.47 Å². The Balaban J connectivity index is 2.42. The molecular formula is C13H16ClO2. The molecule has 1 radical (unpaired) electrons. The molecular weight excluding hydrogens is 224 g/mol. The molecule has 3 heteroatoms. The Morgan fingerprint density at radius 2 is 2.25 bits per heavy atom. The van der Waals surface area contributed by atoms with Gasteiger partial charge in [0.05, 0.1) is 11.1 Å². The molecule has 1 aliphatic heterocycles. The van der Waals surface area contributed by atoms with E-state index in [9.17, 15) is 0 Å². The monoisotopic (exact) mass is 239 g/mol. The lowest BCUT2D eigenvalue weighted by Crippen LogP contribution is -2.34. The summed E-state index contributed by atoms with van der Waals surface area (Å²) in [5.74, 6) is 0.0867. The fourth-order valence-electron chi connectivity index (χ4n) is 1.95. The lowest BCUT2D eigenvalue weighted by Gasteiger charge is -2.27. The maximum Gasteiger partial charge on any atom is 0.205 e. The highest BCUT2D eigenvalue weighted by molar-refractivity contribution is 6.32. The van der Waals surface area contributed by atoms with Gasteiger partial charge in [0, 0.05) is 20.3 Å². The first-order chi connectivity index (χ1) is 7.52. The van der Waals surface area contributed by atoms with Crippen molar-refractivity contribution in [2.24, 2.45) is 0 Å². The molecule has 0 saturated heterocycles. The molecule has 1 aromatic carbocycles. The number of ether oxygens (including phenoxy) is 2. The summed E-state index contributed by atoms with van der Waals surface area (Å²) in [7, 11) is 0. The van der Waals surface area contributed by atoms with Crippen molar-refractivity contribution < 1.29 is 9.47 Å². The van der Waals surface area contributed by atoms with Crippen LogP contribution in [0.25, 0.3) is 0 Å². The van der Waals surface area contributed by atoms with Crippen molar-refractivity contribution in [2.75, 3.05) is 0 Å². The van der Waals surface area contributed by atoms with Crippen LogP contribution >= 0.6 is 11.6 Å². The summed E-state index contributed by atoms with van der Waals surface area (Å²) in [6.45, 7) is 7.69. The van der Waals surface area contributed by atoms with E-state index in [0.29, 0.717) is 5.02 Å². The fourth-order valence-corrected chi connectivity index (χ4v) is 2.18. The minimum Gasteiger partial charge on any atom is -0.461 e. The van der Waals surface area contributed by atoms with E-state index in [4.69, 9.17) is 21.1 Å². The molecule has 2 nitrogen and oxygen atoms in total. The maximum absolute atomic E-state index is 6.14. The van der Waals surface area contributed by atoms with Crippen molar-refractivity contribution >= 4 is 11.6 Å². The smallest absolute Gasteiger partial charge is 0.205 e. The third kappa shape index (κ3) is 2.33. The number of halogens is 1. The zero-order valence-corrected chi connectivity index (χ0v) is 10.4. The molecule has 1 atom stereocenters. The highest BCUT2D eigenvalue weighted by Gasteiger charge is 2.31. The van der Waals surface area contributed by atoms with Gasteiger partial charge in [-0.05, 0) is 18.1 Å². The number of rotatable bonds is 1. The largest absolute Gasteiger partial charge is 0.461 e. The number of hydrogen-bond acceptors (Lipinski definition) is 2. The second kappa shape index (κ2) is 4.27. The van der Waals surface area contributed by atoms with Gasteiger partial charge >= 0.3 is 0 Å². The Bertz CT molecular complexity index is 388. The summed E-state index contributed by atoms with van der Waals surface area (Å²) in [5, 5.41) is 0.638. The molecule has 0 amide bonds. The average Bonchev–Trinajstić information content (AvgIpc) is 2.34. The van der Waals surface area contributed by atoms with Crippen LogP contribution in [0.15, 0.2) is 18.2 Å². The molecule has 1 heterocycles. The van der Waals surface area contributed by atoms with Crippen molar-refractivity contribution in [3.05, 3.63) is 35.7 Å². The Morgan fingerprint density at radius 3 is 2.94 bits per heavy atom. The van der Waals surface area contributed by atoms with Crippen LogP contribution in [0.2, 0.25) is 5.02 Å². The predicted octanol–water partition coefficient (Wildman–Crippen LogP) is 3.62. The first-order valence-electron chi connectivity index (χ1n) is 5.45. The van der Waals surface area contributed by atoms with Crippen LogP contribution in [-0.4, -0.2) is 11.9 Å². The van der Waals surface area contributed by atoms with Crippen LogP contribution < -0.4 is 4.74 Å². The molecule has 0 spiro atoms. The molecule has 0 saturated carbocycles. The Kier molecular flexibility index (Phi) is 3.13. The van der Waals surface area contributed by atoms with E-state index < -0.39 is 5.79 Å². The third-order valence-corrected chi connectivity index (χ3v) is 2.91. The highest BCUT2D eigenvalue weighted by atomic mass is 35.5. The Labute approximate surface area is 102 Å². The SMILES string of the molecule is [CH2]CC1Cc2cccc(Cl)c2OC(C)(C)O1. The quantitative estimate of drug-likeness (QED) is 0.745. The molecule has 1 aromatic rings. The summed E-state index contributed by atoms with van der Waals surface area (Å²) in [6, 6.07) is 5.79. The molecule has 1 aliphatic rings. The first kappa shape index (κ1) is 11.7. The number of hydrogen-bond donors (Lipinski definition) is 0. The van der Waals surface area contributed by atoms with Crippen LogP contribution in [0.4, 0.5) is 0 Å². The van der Waals surface area contributed by atoms with Crippen LogP contribution in [0.5, 0.6) is 5.75 Å². The summed E-state index contributed by atoms with van der Waals surface area (Å²) in [5.41, 5.74) is 1.09. The molecule has 16 heavy (non-hydrogen) atoms. The third-order valence-electron chi connectivity index (χ3n) is 2.62. The van der Waals surface area contributed by atoms with Gasteiger partial charge in [-0.1, -0.05) is 30.7 Å². The van der Waals surface area contributed by atoms with E-state index in [1.165, 1.54) is 0 Å². The second-order valence-electron chi connectivity index (χ2n) is 4.46. The lowest BCUT2D eigenvalue weighted by atomic mass is 10.1. The van der Waals surface area contributed by atoms with Crippen molar-refractivity contribution in [3.8, 4) is 5.75 Å². The zero-order chi connectivity index (χ0) is 11.8. The van der Waals surface area contributed by atoms with Crippen molar-refractivity contribution in [1.82, 2.24) is 0 Å². The van der Waals surface area contributed by atoms with Gasteiger partial charge in [-0.15, -0.1) is 0 Å². The summed E-state index contributed by atoms with van der Waals surface area (Å²) < 4.78 is 11.7. The van der Waals surface area contributed by atoms with E-state index in [1.807, 2.05) is 32.0 Å². The number of benzene rings is 1. The average molecular weight is 240 g/mol. The van der Waals surface area contributed by atoms with Crippen LogP contribution in [0.3, 0.4) is 0 Å². The maximum atomic E-state index is 6.14. The van der Waals surface area contributed by atoms with Crippen molar-refractivity contribution in [2.45, 2.75) is 38.6 Å². The van der Waals surface area contributed by atoms with Crippen molar-refractivity contribution in [1.29, 1.82) is 0 Å². The highest BCUT2D eigenvalue weighted by Crippen LogP contribution is 2.36. The zero-order valence-electron chi connectivity index (χ0n) is 9.63. The van der Waals surface area contributed by atoms with E-state index in [1.54, 1.807) is 0 Å². The Morgan fingerprint density at radius 1 is 1.50 bits per heavy atom. The standard InChI is InChI=1S/C13H16ClO2/c1-4-10-8-9-6-5-7-11(14)12(9)16-13(2,3)15-10/h5-7,10H,1,4,8H2,2-3H3. The van der Waals surface area contributed by atoms with Gasteiger partial charge in [0.15, 0.2) is 0 Å². The summed E-state index contributed by atoms with van der Waals surface area (Å²) >= 11 is 6.14. The van der Waals surface area contributed by atoms with Gasteiger partial charge in [-0.2, -0.15) is 0 Å². The van der Waals surface area contributed by atoms with E-state index in [0.717, 1.165) is 24.2 Å². The van der Waals surface area contributed by atoms with E-state index >= 15 is 0 Å². The molecule has 0 bridgehead atoms. The molecule has 87 valence electrons. The summed E-state index contributed by atoms with van der Waals surface area (Å²) in [4.78, 5) is 0. The van der Waals surface area contributed by atoms with Crippen LogP contribution in [-0.2, 0) is 11.2 Å². The predicted molar refractivity (Wildman–Crippen MR) is 64.7 cm³/mol. The normalized spacial score (nSPS) is 23.1. The Hall–Kier alpha value is -0.730. The lowest BCUT2D eigenvalue weighted by molar-refractivity contribution is -0.179. The van der Waals surface area contributed by atoms with E-state index in [-0.39, 0.29) is 6.10 Å². The van der Waals surface area contributed by atoms with Gasteiger partial charge in [-0.3, -0.25) is 0 Å². The number of para-hydroxylation sites is 1. The topological polar surface area (TPSA) is 18.5 Å². The van der Waals surface area contributed by atoms with Gasteiger partial charge in [0.2, 0.25) is 5.79 Å². The summed E-state index contributed by atoms with van der Waals surface area (Å²) in [6.07, 6.45) is 1.59. The molecule has 1 unspecified atom stereocenters. The molecule has 0 N–H and O–H groups in total. The van der Waals surface area contributed by atoms with E-state index in [2.05, 4.69) is 6.92 Å². The molecule has 2 rings (SSSR count). The van der Waals surface area contributed by atoms with Crippen LogP contribution in [0, 0.1) is 6.92 Å². The van der Waals surface area contributed by atoms with Gasteiger partial charge in [-0.25, -0.2) is 0 Å². The minimum absolute atomic E-state index is 0.0784. The second-order valence-corrected chi connectivity index (χ2v) is 4.87. The molecule has 0 aromatic heterocycles. The molecule has 0 fully saturated rings. The number of fused-ring (bicyclic) bond motifs is 1. The fraction of sp³-hybridized carbons (Fsp3) is 0.462. The minimum atomic E-state index is -0.654. The van der Waals surface area contributed by atoms with Crippen LogP contribution in [0.1, 0.15) is 25.8 Å². The van der Waals surface area contributed by atoms with Crippen molar-refractivity contribution in [3.63, 3.8) is 0 Å². The first-order valence-corrected chi connectivity index (χ1v) is 5.83.